The van der Waals surface area contributed by atoms with Crippen LogP contribution in [0.15, 0.2) is 17.1 Å². The van der Waals surface area contributed by atoms with Gasteiger partial charge in [0, 0.05) is 17.3 Å². The van der Waals surface area contributed by atoms with Crippen LogP contribution in [-0.4, -0.2) is 10.9 Å². The Kier molecular flexibility index (Phi) is 1.69. The van der Waals surface area contributed by atoms with Crippen molar-refractivity contribution < 1.29 is 4.79 Å². The average Bonchev–Trinajstić information content (AvgIpc) is 2.86. The molecule has 0 aromatic carbocycles. The minimum Gasteiger partial charge on any atom is -0.366 e. The lowest BCUT2D eigenvalue weighted by Crippen LogP contribution is -2.21. The Morgan fingerprint density at radius 3 is 2.77 bits per heavy atom. The van der Waals surface area contributed by atoms with Crippen molar-refractivity contribution in [2.24, 2.45) is 5.73 Å². The molecule has 2 rings (SSSR count). The first-order valence-electron chi connectivity index (χ1n) is 4.21. The first kappa shape index (κ1) is 8.04. The number of primary amides is 1. The molecule has 1 heterocycles. The van der Waals surface area contributed by atoms with Crippen LogP contribution < -0.4 is 11.3 Å². The molecule has 0 bridgehead atoms. The molecule has 0 atom stereocenters. The van der Waals surface area contributed by atoms with E-state index in [2.05, 4.69) is 4.98 Å². The van der Waals surface area contributed by atoms with Crippen LogP contribution in [0.1, 0.15) is 34.7 Å². The van der Waals surface area contributed by atoms with Gasteiger partial charge >= 0.3 is 0 Å². The van der Waals surface area contributed by atoms with Gasteiger partial charge in [0.25, 0.3) is 5.56 Å². The quantitative estimate of drug-likeness (QED) is 0.685. The summed E-state index contributed by atoms with van der Waals surface area (Å²) in [5.41, 5.74) is 5.91. The molecule has 1 aromatic heterocycles. The molecule has 1 saturated carbocycles. The van der Waals surface area contributed by atoms with Crippen molar-refractivity contribution >= 4 is 5.91 Å². The van der Waals surface area contributed by atoms with Crippen LogP contribution >= 0.6 is 0 Å². The van der Waals surface area contributed by atoms with Gasteiger partial charge in [-0.2, -0.15) is 0 Å². The summed E-state index contributed by atoms with van der Waals surface area (Å²) in [5.74, 6) is -0.277. The van der Waals surface area contributed by atoms with Gasteiger partial charge in [0.2, 0.25) is 5.91 Å². The number of hydrogen-bond donors (Lipinski definition) is 2. The van der Waals surface area contributed by atoms with E-state index >= 15 is 0 Å². The molecule has 1 amide bonds. The number of rotatable bonds is 2. The highest BCUT2D eigenvalue weighted by Crippen LogP contribution is 2.39. The highest BCUT2D eigenvalue weighted by atomic mass is 16.1. The van der Waals surface area contributed by atoms with Gasteiger partial charge in [0.05, 0.1) is 0 Å². The Morgan fingerprint density at radius 2 is 2.23 bits per heavy atom. The molecule has 4 nitrogen and oxygen atoms in total. The molecular weight excluding hydrogens is 168 g/mol. The van der Waals surface area contributed by atoms with Crippen molar-refractivity contribution in [3.05, 3.63) is 33.7 Å². The van der Waals surface area contributed by atoms with Crippen LogP contribution in [-0.2, 0) is 0 Å². The second kappa shape index (κ2) is 2.73. The number of H-pyrrole nitrogens is 1. The Balaban J connectivity index is 2.60. The lowest BCUT2D eigenvalue weighted by Gasteiger charge is -2.01. The molecule has 1 aliphatic carbocycles. The third-order valence-electron chi connectivity index (χ3n) is 2.25. The fourth-order valence-electron chi connectivity index (χ4n) is 1.48. The first-order chi connectivity index (χ1) is 6.20. The van der Waals surface area contributed by atoms with Gasteiger partial charge in [-0.25, -0.2) is 0 Å². The van der Waals surface area contributed by atoms with E-state index in [-0.39, 0.29) is 11.5 Å². The predicted octanol–water partition coefficient (Wildman–Crippen LogP) is 0.351. The first-order valence-corrected chi connectivity index (χ1v) is 4.21. The van der Waals surface area contributed by atoms with Crippen LogP contribution in [0.25, 0.3) is 0 Å². The molecule has 3 N–H and O–H groups in total. The monoisotopic (exact) mass is 178 g/mol. The Morgan fingerprint density at radius 1 is 1.54 bits per heavy atom. The molecule has 1 fully saturated rings. The van der Waals surface area contributed by atoms with E-state index in [1.165, 1.54) is 6.20 Å². The topological polar surface area (TPSA) is 76.0 Å². The third kappa shape index (κ3) is 1.35. The van der Waals surface area contributed by atoms with Crippen LogP contribution in [0.4, 0.5) is 0 Å². The number of nitrogens with one attached hydrogen (secondary N) is 1. The molecule has 0 aliphatic heterocycles. The second-order valence-corrected chi connectivity index (χ2v) is 3.27. The summed E-state index contributed by atoms with van der Waals surface area (Å²) in [5, 5.41) is 0. The van der Waals surface area contributed by atoms with Gasteiger partial charge in [-0.3, -0.25) is 9.59 Å². The normalized spacial score (nSPS) is 15.7. The standard InChI is InChI=1S/C9H10N2O2/c10-8(12)6-3-4-11-9(13)7(6)5-1-2-5/h3-5H,1-2H2,(H2,10,12)(H,11,13). The van der Waals surface area contributed by atoms with Crippen molar-refractivity contribution in [3.63, 3.8) is 0 Å². The van der Waals surface area contributed by atoms with E-state index in [4.69, 9.17) is 5.73 Å². The molecule has 1 aliphatic rings. The van der Waals surface area contributed by atoms with E-state index in [0.717, 1.165) is 12.8 Å². The van der Waals surface area contributed by atoms with E-state index in [0.29, 0.717) is 11.1 Å². The number of carbonyl (C=O) groups is 1. The van der Waals surface area contributed by atoms with Gasteiger partial charge in [0.15, 0.2) is 0 Å². The maximum atomic E-state index is 11.4. The van der Waals surface area contributed by atoms with E-state index in [1.807, 2.05) is 0 Å². The molecule has 0 saturated heterocycles. The smallest absolute Gasteiger partial charge is 0.252 e. The van der Waals surface area contributed by atoms with Crippen molar-refractivity contribution in [2.45, 2.75) is 18.8 Å². The minimum absolute atomic E-state index is 0.182. The van der Waals surface area contributed by atoms with Crippen molar-refractivity contribution in [1.29, 1.82) is 0 Å². The zero-order chi connectivity index (χ0) is 9.42. The number of amides is 1. The Hall–Kier alpha value is -1.58. The lowest BCUT2D eigenvalue weighted by atomic mass is 10.1. The van der Waals surface area contributed by atoms with Gasteiger partial charge < -0.3 is 10.7 Å². The average molecular weight is 178 g/mol. The molecule has 1 aromatic rings. The van der Waals surface area contributed by atoms with Crippen molar-refractivity contribution in [2.75, 3.05) is 0 Å². The maximum absolute atomic E-state index is 11.4. The number of hydrogen-bond acceptors (Lipinski definition) is 2. The minimum atomic E-state index is -0.520. The van der Waals surface area contributed by atoms with Crippen LogP contribution in [0.2, 0.25) is 0 Å². The van der Waals surface area contributed by atoms with E-state index in [9.17, 15) is 9.59 Å². The van der Waals surface area contributed by atoms with Gasteiger partial charge in [0.1, 0.15) is 0 Å². The van der Waals surface area contributed by atoms with E-state index < -0.39 is 5.91 Å². The van der Waals surface area contributed by atoms with Crippen LogP contribution in [0.5, 0.6) is 0 Å². The predicted molar refractivity (Wildman–Crippen MR) is 47.6 cm³/mol. The van der Waals surface area contributed by atoms with Crippen molar-refractivity contribution in [1.82, 2.24) is 4.98 Å². The maximum Gasteiger partial charge on any atom is 0.252 e. The lowest BCUT2D eigenvalue weighted by molar-refractivity contribution is 0.0999. The summed E-state index contributed by atoms with van der Waals surface area (Å²) >= 11 is 0. The SMILES string of the molecule is NC(=O)c1cc[nH]c(=O)c1C1CC1. The summed E-state index contributed by atoms with van der Waals surface area (Å²) in [6.45, 7) is 0. The molecular formula is C9H10N2O2. The Bertz CT molecular complexity index is 404. The summed E-state index contributed by atoms with van der Waals surface area (Å²) in [6.07, 6.45) is 3.41. The summed E-state index contributed by atoms with van der Waals surface area (Å²) in [7, 11) is 0. The highest BCUT2D eigenvalue weighted by Gasteiger charge is 2.29. The highest BCUT2D eigenvalue weighted by molar-refractivity contribution is 5.94. The molecule has 4 heteroatoms. The Labute approximate surface area is 74.8 Å². The fourth-order valence-corrected chi connectivity index (χ4v) is 1.48. The number of aromatic nitrogens is 1. The zero-order valence-corrected chi connectivity index (χ0v) is 7.04. The second-order valence-electron chi connectivity index (χ2n) is 3.27. The fraction of sp³-hybridized carbons (Fsp3) is 0.333. The molecule has 68 valence electrons. The molecule has 0 radical (unpaired) electrons. The number of carbonyl (C=O) groups excluding carboxylic acids is 1. The van der Waals surface area contributed by atoms with Gasteiger partial charge in [-0.1, -0.05) is 0 Å². The van der Waals surface area contributed by atoms with Gasteiger partial charge in [-0.15, -0.1) is 0 Å². The molecule has 0 unspecified atom stereocenters. The molecule has 0 spiro atoms. The molecule has 13 heavy (non-hydrogen) atoms. The van der Waals surface area contributed by atoms with Crippen LogP contribution in [0, 0.1) is 0 Å². The summed E-state index contributed by atoms with van der Waals surface area (Å²) in [6, 6.07) is 1.57. The van der Waals surface area contributed by atoms with Crippen LogP contribution in [0.3, 0.4) is 0 Å². The summed E-state index contributed by atoms with van der Waals surface area (Å²) in [4.78, 5) is 24.9. The van der Waals surface area contributed by atoms with Crippen molar-refractivity contribution in [3.8, 4) is 0 Å². The third-order valence-corrected chi connectivity index (χ3v) is 2.25. The number of aromatic amines is 1. The number of pyridine rings is 1. The zero-order valence-electron chi connectivity index (χ0n) is 7.04. The number of nitrogens with two attached hydrogens (primary N) is 1. The largest absolute Gasteiger partial charge is 0.366 e. The van der Waals surface area contributed by atoms with Gasteiger partial charge in [-0.05, 0) is 24.8 Å². The van der Waals surface area contributed by atoms with E-state index in [1.54, 1.807) is 6.07 Å². The summed E-state index contributed by atoms with van der Waals surface area (Å²) < 4.78 is 0.